The molecule has 0 N–H and O–H groups in total. The third-order valence-electron chi connectivity index (χ3n) is 6.62. The Kier molecular flexibility index (Phi) is 6.04. The fourth-order valence-corrected chi connectivity index (χ4v) is 6.54. The Labute approximate surface area is 190 Å². The number of fused-ring (bicyclic) bond motifs is 3. The third-order valence-corrected chi connectivity index (χ3v) is 8.48. The first-order valence-corrected chi connectivity index (χ1v) is 12.2. The normalized spacial score (nSPS) is 21.5. The summed E-state index contributed by atoms with van der Waals surface area (Å²) in [4.78, 5) is 15.0. The fraction of sp³-hybridized carbons (Fsp3) is 0.458. The molecule has 0 amide bonds. The van der Waals surface area contributed by atoms with Crippen LogP contribution in [0.2, 0.25) is 0 Å². The average molecular weight is 459 g/mol. The maximum absolute atomic E-state index is 13.5. The first-order valence-electron chi connectivity index (χ1n) is 10.8. The second kappa shape index (κ2) is 8.50. The van der Waals surface area contributed by atoms with Gasteiger partial charge >= 0.3 is 0 Å². The van der Waals surface area contributed by atoms with Gasteiger partial charge in [0, 0.05) is 32.6 Å². The summed E-state index contributed by atoms with van der Waals surface area (Å²) in [5.74, 6) is 1.24. The summed E-state index contributed by atoms with van der Waals surface area (Å²) in [5.41, 5.74) is 2.27. The maximum Gasteiger partial charge on any atom is 0.243 e. The Morgan fingerprint density at radius 3 is 2.31 bits per heavy atom. The number of carbonyl (C=O) groups is 1. The van der Waals surface area contributed by atoms with Gasteiger partial charge in [-0.3, -0.25) is 9.69 Å². The highest BCUT2D eigenvalue weighted by molar-refractivity contribution is 7.89. The lowest BCUT2D eigenvalue weighted by Crippen LogP contribution is -2.63. The zero-order chi connectivity index (χ0) is 23.1. The minimum Gasteiger partial charge on any atom is -0.493 e. The molecule has 1 atom stereocenters. The van der Waals surface area contributed by atoms with Gasteiger partial charge in [-0.2, -0.15) is 4.31 Å². The number of methoxy groups -OCH3 is 2. The van der Waals surface area contributed by atoms with Gasteiger partial charge in [-0.15, -0.1) is 0 Å². The number of piperazine rings is 1. The van der Waals surface area contributed by atoms with Gasteiger partial charge in [-0.25, -0.2) is 8.42 Å². The monoisotopic (exact) mass is 458 g/mol. The summed E-state index contributed by atoms with van der Waals surface area (Å²) in [5, 5.41) is 0. The Hall–Kier alpha value is -2.42. The van der Waals surface area contributed by atoms with Gasteiger partial charge < -0.3 is 9.47 Å². The standard InChI is InChI=1S/C24H30N2O5S/c1-17-5-7-20(8-6-17)32(28,29)26-12-11-25-10-9-19-13-22(30-3)23(31-4)14-21(19)24(25,16-26)15-18(2)27/h5-8,13-14H,9-12,15-16H2,1-4H3. The zero-order valence-corrected chi connectivity index (χ0v) is 19.9. The summed E-state index contributed by atoms with van der Waals surface area (Å²) in [6, 6.07) is 10.8. The molecule has 32 heavy (non-hydrogen) atoms. The van der Waals surface area contributed by atoms with Crippen molar-refractivity contribution in [2.45, 2.75) is 37.1 Å². The summed E-state index contributed by atoms with van der Waals surface area (Å²) >= 11 is 0. The largest absolute Gasteiger partial charge is 0.493 e. The number of ketones is 1. The predicted molar refractivity (Wildman–Crippen MR) is 122 cm³/mol. The number of benzene rings is 2. The minimum absolute atomic E-state index is 0.0206. The van der Waals surface area contributed by atoms with Gasteiger partial charge in [0.1, 0.15) is 5.78 Å². The average Bonchev–Trinajstić information content (AvgIpc) is 2.77. The van der Waals surface area contributed by atoms with Crippen LogP contribution in [0.3, 0.4) is 0 Å². The molecule has 1 fully saturated rings. The summed E-state index contributed by atoms with van der Waals surface area (Å²) in [6.07, 6.45) is 1.04. The van der Waals surface area contributed by atoms with Gasteiger partial charge in [0.25, 0.3) is 0 Å². The lowest BCUT2D eigenvalue weighted by Gasteiger charge is -2.53. The number of Topliss-reactive ketones (excluding diaryl/α,β-unsaturated/α-hetero) is 1. The lowest BCUT2D eigenvalue weighted by atomic mass is 9.76. The number of carbonyl (C=O) groups excluding carboxylic acids is 1. The molecule has 2 aromatic carbocycles. The first-order chi connectivity index (χ1) is 15.2. The topological polar surface area (TPSA) is 76.1 Å². The van der Waals surface area contributed by atoms with Crippen molar-refractivity contribution in [3.8, 4) is 11.5 Å². The van der Waals surface area contributed by atoms with Crippen molar-refractivity contribution in [3.63, 3.8) is 0 Å². The van der Waals surface area contributed by atoms with Gasteiger partial charge in [-0.05, 0) is 55.7 Å². The highest BCUT2D eigenvalue weighted by Crippen LogP contribution is 2.46. The molecule has 0 aromatic heterocycles. The van der Waals surface area contributed by atoms with E-state index in [-0.39, 0.29) is 23.6 Å². The lowest BCUT2D eigenvalue weighted by molar-refractivity contribution is -0.121. The number of ether oxygens (including phenoxy) is 2. The predicted octanol–water partition coefficient (Wildman–Crippen LogP) is 2.75. The molecule has 0 radical (unpaired) electrons. The van der Waals surface area contributed by atoms with Crippen LogP contribution in [0.4, 0.5) is 0 Å². The number of nitrogens with zero attached hydrogens (tertiary/aromatic N) is 2. The van der Waals surface area contributed by atoms with Crippen molar-refractivity contribution < 1.29 is 22.7 Å². The van der Waals surface area contributed by atoms with Crippen molar-refractivity contribution >= 4 is 15.8 Å². The van der Waals surface area contributed by atoms with Gasteiger partial charge in [0.2, 0.25) is 10.0 Å². The van der Waals surface area contributed by atoms with Crippen LogP contribution in [-0.4, -0.2) is 63.8 Å². The van der Waals surface area contributed by atoms with Crippen LogP contribution in [0.5, 0.6) is 11.5 Å². The van der Waals surface area contributed by atoms with E-state index in [0.29, 0.717) is 24.6 Å². The summed E-state index contributed by atoms with van der Waals surface area (Å²) in [7, 11) is -0.516. The molecule has 0 bridgehead atoms. The molecular formula is C24H30N2O5S. The maximum atomic E-state index is 13.5. The molecule has 0 saturated carbocycles. The van der Waals surface area contributed by atoms with Gasteiger partial charge in [0.05, 0.1) is 24.7 Å². The first kappa shape index (κ1) is 22.8. The molecule has 4 rings (SSSR count). The molecule has 1 saturated heterocycles. The van der Waals surface area contributed by atoms with Crippen molar-refractivity contribution in [1.82, 2.24) is 9.21 Å². The fourth-order valence-electron chi connectivity index (χ4n) is 5.05. The minimum atomic E-state index is -3.69. The second-order valence-corrected chi connectivity index (χ2v) is 10.6. The Bertz CT molecular complexity index is 1130. The van der Waals surface area contributed by atoms with Crippen LogP contribution in [0, 0.1) is 6.92 Å². The number of sulfonamides is 1. The van der Waals surface area contributed by atoms with E-state index in [0.717, 1.165) is 29.7 Å². The quantitative estimate of drug-likeness (QED) is 0.663. The van der Waals surface area contributed by atoms with E-state index >= 15 is 0 Å². The number of hydrogen-bond acceptors (Lipinski definition) is 6. The van der Waals surface area contributed by atoms with Gasteiger partial charge in [0.15, 0.2) is 11.5 Å². The molecule has 172 valence electrons. The summed E-state index contributed by atoms with van der Waals surface area (Å²) < 4.78 is 39.6. The Balaban J connectivity index is 1.82. The van der Waals surface area contributed by atoms with E-state index in [2.05, 4.69) is 4.90 Å². The highest BCUT2D eigenvalue weighted by atomic mass is 32.2. The van der Waals surface area contributed by atoms with Crippen LogP contribution in [0.25, 0.3) is 0 Å². The van der Waals surface area contributed by atoms with E-state index in [1.165, 1.54) is 4.31 Å². The molecule has 8 heteroatoms. The van der Waals surface area contributed by atoms with Crippen molar-refractivity contribution in [2.75, 3.05) is 40.4 Å². The molecule has 2 heterocycles. The van der Waals surface area contributed by atoms with E-state index in [1.807, 2.05) is 31.2 Å². The second-order valence-electron chi connectivity index (χ2n) is 8.66. The van der Waals surface area contributed by atoms with Crippen LogP contribution in [0.15, 0.2) is 41.3 Å². The van der Waals surface area contributed by atoms with E-state index in [1.54, 1.807) is 33.3 Å². The Morgan fingerprint density at radius 1 is 1.03 bits per heavy atom. The van der Waals surface area contributed by atoms with Crippen LogP contribution < -0.4 is 9.47 Å². The van der Waals surface area contributed by atoms with Crippen molar-refractivity contribution in [2.24, 2.45) is 0 Å². The summed E-state index contributed by atoms with van der Waals surface area (Å²) in [6.45, 7) is 5.41. The van der Waals surface area contributed by atoms with Gasteiger partial charge in [-0.1, -0.05) is 17.7 Å². The molecule has 7 nitrogen and oxygen atoms in total. The third kappa shape index (κ3) is 3.80. The van der Waals surface area contributed by atoms with Crippen LogP contribution >= 0.6 is 0 Å². The smallest absolute Gasteiger partial charge is 0.243 e. The van der Waals surface area contributed by atoms with Crippen molar-refractivity contribution in [1.29, 1.82) is 0 Å². The molecule has 1 unspecified atom stereocenters. The molecule has 2 aliphatic heterocycles. The van der Waals surface area contributed by atoms with Crippen molar-refractivity contribution in [3.05, 3.63) is 53.1 Å². The molecule has 2 aromatic rings. The Morgan fingerprint density at radius 2 is 1.69 bits per heavy atom. The molecule has 0 aliphatic carbocycles. The van der Waals surface area contributed by atoms with E-state index in [9.17, 15) is 13.2 Å². The molecule has 2 aliphatic rings. The number of hydrogen-bond donors (Lipinski definition) is 0. The van der Waals surface area contributed by atoms with Crippen LogP contribution in [-0.2, 0) is 26.8 Å². The number of rotatable bonds is 6. The number of aryl methyl sites for hydroxylation is 1. The molecular weight excluding hydrogens is 428 g/mol. The molecule has 0 spiro atoms. The zero-order valence-electron chi connectivity index (χ0n) is 19.1. The van der Waals surface area contributed by atoms with E-state index < -0.39 is 15.6 Å². The van der Waals surface area contributed by atoms with Crippen LogP contribution in [0.1, 0.15) is 30.0 Å². The van der Waals surface area contributed by atoms with E-state index in [4.69, 9.17) is 9.47 Å². The SMILES string of the molecule is COc1cc2c(cc1OC)C1(CC(C)=O)CN(S(=O)(=O)c3ccc(C)cc3)CCN1CC2. The highest BCUT2D eigenvalue weighted by Gasteiger charge is 2.49.